The monoisotopic (exact) mass is 256 g/mol. The van der Waals surface area contributed by atoms with Crippen molar-refractivity contribution < 1.29 is 4.73 Å². The lowest BCUT2D eigenvalue weighted by atomic mass is 10.2. The van der Waals surface area contributed by atoms with Gasteiger partial charge in [-0.15, -0.1) is 5.11 Å². The van der Waals surface area contributed by atoms with Crippen molar-refractivity contribution in [2.24, 2.45) is 10.3 Å². The number of nitrogens with zero attached hydrogens (tertiary/aromatic N) is 4. The van der Waals surface area contributed by atoms with Crippen molar-refractivity contribution in [1.29, 1.82) is 0 Å². The fourth-order valence-corrected chi connectivity index (χ4v) is 1.78. The van der Waals surface area contributed by atoms with E-state index in [-0.39, 0.29) is 0 Å². The average molecular weight is 256 g/mol. The minimum absolute atomic E-state index is 0.688. The van der Waals surface area contributed by atoms with Gasteiger partial charge >= 0.3 is 0 Å². The normalized spacial score (nSPS) is 10.9. The predicted octanol–water partition coefficient (Wildman–Crippen LogP) is 3.07. The Kier molecular flexibility index (Phi) is 3.75. The number of aromatic nitrogens is 1. The maximum absolute atomic E-state index is 11.1. The molecule has 1 heterocycles. The molecule has 0 spiro atoms. The van der Waals surface area contributed by atoms with Gasteiger partial charge in [-0.2, -0.15) is 4.73 Å². The second-order valence-electron chi connectivity index (χ2n) is 4.37. The molecule has 0 aliphatic heterocycles. The van der Waals surface area contributed by atoms with E-state index in [1.807, 2.05) is 45.2 Å². The van der Waals surface area contributed by atoms with E-state index in [0.717, 1.165) is 21.5 Å². The third-order valence-electron chi connectivity index (χ3n) is 2.85. The van der Waals surface area contributed by atoms with E-state index in [2.05, 4.69) is 10.3 Å². The number of rotatable bonds is 3. The topological polar surface area (TPSA) is 54.9 Å². The molecule has 0 aliphatic carbocycles. The van der Waals surface area contributed by atoms with E-state index >= 15 is 0 Å². The van der Waals surface area contributed by atoms with Crippen LogP contribution < -0.4 is 9.74 Å². The third-order valence-corrected chi connectivity index (χ3v) is 2.85. The number of para-hydroxylation sites is 1. The van der Waals surface area contributed by atoms with Crippen molar-refractivity contribution in [2.75, 3.05) is 12.1 Å². The van der Waals surface area contributed by atoms with Crippen molar-refractivity contribution in [3.8, 4) is 0 Å². The fraction of sp³-hybridized carbons (Fsp3) is 0.214. The van der Waals surface area contributed by atoms with Gasteiger partial charge in [0.1, 0.15) is 5.69 Å². The first-order valence-electron chi connectivity index (χ1n) is 5.98. The molecule has 2 rings (SSSR count). The molecular weight excluding hydrogens is 240 g/mol. The van der Waals surface area contributed by atoms with Crippen LogP contribution in [0.1, 0.15) is 11.1 Å². The van der Waals surface area contributed by atoms with Gasteiger partial charge in [0.15, 0.2) is 12.4 Å². The molecule has 0 amide bonds. The van der Waals surface area contributed by atoms with Crippen LogP contribution in [0.4, 0.5) is 11.4 Å². The molecule has 0 saturated carbocycles. The Labute approximate surface area is 112 Å². The Bertz CT molecular complexity index is 610. The minimum Gasteiger partial charge on any atom is -0.619 e. The summed E-state index contributed by atoms with van der Waals surface area (Å²) in [5.74, 6) is 0. The summed E-state index contributed by atoms with van der Waals surface area (Å²) < 4.78 is 0.749. The highest BCUT2D eigenvalue weighted by molar-refractivity contribution is 5.51. The molecule has 0 N–H and O–H groups in total. The van der Waals surface area contributed by atoms with Crippen molar-refractivity contribution in [3.05, 3.63) is 59.1 Å². The third kappa shape index (κ3) is 3.07. The number of hydrogen-bond acceptors (Lipinski definition) is 3. The van der Waals surface area contributed by atoms with Crippen LogP contribution in [0, 0.1) is 19.1 Å². The molecular formula is C14H16N4O. The second kappa shape index (κ2) is 5.48. The zero-order valence-electron chi connectivity index (χ0n) is 11.2. The Morgan fingerprint density at radius 2 is 1.84 bits per heavy atom. The SMILES string of the molecule is Cc1c[n+]([O-])ccc1N=NN(C)c1ccccc1C. The number of aryl methyl sites for hydroxylation is 2. The Hall–Kier alpha value is -2.43. The Balaban J connectivity index is 2.21. The van der Waals surface area contributed by atoms with Gasteiger partial charge in [-0.1, -0.05) is 23.4 Å². The van der Waals surface area contributed by atoms with Crippen LogP contribution in [0.25, 0.3) is 0 Å². The molecule has 5 heteroatoms. The largest absolute Gasteiger partial charge is 0.619 e. The smallest absolute Gasteiger partial charge is 0.185 e. The summed E-state index contributed by atoms with van der Waals surface area (Å²) in [5, 5.41) is 21.1. The molecule has 0 aliphatic rings. The highest BCUT2D eigenvalue weighted by Gasteiger charge is 2.04. The van der Waals surface area contributed by atoms with Crippen molar-refractivity contribution in [3.63, 3.8) is 0 Å². The molecule has 5 nitrogen and oxygen atoms in total. The van der Waals surface area contributed by atoms with E-state index < -0.39 is 0 Å². The lowest BCUT2D eigenvalue weighted by Gasteiger charge is -2.13. The number of anilines is 1. The maximum atomic E-state index is 11.1. The highest BCUT2D eigenvalue weighted by atomic mass is 16.5. The first-order valence-corrected chi connectivity index (χ1v) is 5.98. The average Bonchev–Trinajstić information content (AvgIpc) is 2.38. The van der Waals surface area contributed by atoms with Gasteiger partial charge in [-0.3, -0.25) is 0 Å². The summed E-state index contributed by atoms with van der Waals surface area (Å²) in [6, 6.07) is 9.60. The molecule has 0 atom stereocenters. The van der Waals surface area contributed by atoms with Gasteiger partial charge < -0.3 is 5.21 Å². The molecule has 1 aromatic carbocycles. The highest BCUT2D eigenvalue weighted by Crippen LogP contribution is 2.21. The van der Waals surface area contributed by atoms with Crippen LogP contribution in [0.5, 0.6) is 0 Å². The summed E-state index contributed by atoms with van der Waals surface area (Å²) >= 11 is 0. The molecule has 98 valence electrons. The van der Waals surface area contributed by atoms with Crippen LogP contribution in [-0.4, -0.2) is 7.05 Å². The van der Waals surface area contributed by atoms with Crippen molar-refractivity contribution >= 4 is 11.4 Å². The number of hydrogen-bond donors (Lipinski definition) is 0. The van der Waals surface area contributed by atoms with Crippen LogP contribution >= 0.6 is 0 Å². The van der Waals surface area contributed by atoms with E-state index in [0.29, 0.717) is 5.69 Å². The van der Waals surface area contributed by atoms with Crippen LogP contribution in [-0.2, 0) is 0 Å². The summed E-state index contributed by atoms with van der Waals surface area (Å²) in [4.78, 5) is 0. The molecule has 2 aromatic rings. The lowest BCUT2D eigenvalue weighted by molar-refractivity contribution is -0.605. The van der Waals surface area contributed by atoms with Gasteiger partial charge in [0, 0.05) is 18.7 Å². The van der Waals surface area contributed by atoms with Gasteiger partial charge in [0.25, 0.3) is 0 Å². The van der Waals surface area contributed by atoms with Gasteiger partial charge in [0.2, 0.25) is 0 Å². The Morgan fingerprint density at radius 3 is 2.53 bits per heavy atom. The minimum atomic E-state index is 0.688. The quantitative estimate of drug-likeness (QED) is 0.367. The Morgan fingerprint density at radius 1 is 1.11 bits per heavy atom. The summed E-state index contributed by atoms with van der Waals surface area (Å²) in [6.45, 7) is 3.85. The molecule has 1 aromatic heterocycles. The van der Waals surface area contributed by atoms with Crippen LogP contribution in [0.2, 0.25) is 0 Å². The standard InChI is InChI=1S/C14H16N4O/c1-11-6-4-5-7-14(11)17(3)16-15-13-8-9-18(19)10-12(13)2/h4-10H,1-3H3. The van der Waals surface area contributed by atoms with Crippen molar-refractivity contribution in [2.45, 2.75) is 13.8 Å². The predicted molar refractivity (Wildman–Crippen MR) is 74.2 cm³/mol. The first kappa shape index (κ1) is 13.0. The van der Waals surface area contributed by atoms with Crippen molar-refractivity contribution in [1.82, 2.24) is 0 Å². The first-order chi connectivity index (χ1) is 9.08. The molecule has 0 saturated heterocycles. The second-order valence-corrected chi connectivity index (χ2v) is 4.37. The lowest BCUT2D eigenvalue weighted by Crippen LogP contribution is -2.24. The number of pyridine rings is 1. The summed E-state index contributed by atoms with van der Waals surface area (Å²) in [5.41, 5.74) is 3.61. The molecule has 0 fully saturated rings. The van der Waals surface area contributed by atoms with Crippen LogP contribution in [0.3, 0.4) is 0 Å². The van der Waals surface area contributed by atoms with E-state index in [1.54, 1.807) is 11.1 Å². The molecule has 19 heavy (non-hydrogen) atoms. The zero-order valence-corrected chi connectivity index (χ0v) is 11.2. The molecule has 0 unspecified atom stereocenters. The van der Waals surface area contributed by atoms with E-state index in [4.69, 9.17) is 0 Å². The van der Waals surface area contributed by atoms with E-state index in [1.165, 1.54) is 12.4 Å². The van der Waals surface area contributed by atoms with Crippen LogP contribution in [0.15, 0.2) is 53.1 Å². The zero-order chi connectivity index (χ0) is 13.8. The van der Waals surface area contributed by atoms with Gasteiger partial charge in [-0.05, 0) is 25.5 Å². The maximum Gasteiger partial charge on any atom is 0.185 e. The fourth-order valence-electron chi connectivity index (χ4n) is 1.78. The van der Waals surface area contributed by atoms with E-state index in [9.17, 15) is 5.21 Å². The number of benzene rings is 1. The van der Waals surface area contributed by atoms with Gasteiger partial charge in [-0.25, -0.2) is 5.01 Å². The molecule has 0 bridgehead atoms. The van der Waals surface area contributed by atoms with Gasteiger partial charge in [0.05, 0.1) is 5.69 Å². The molecule has 0 radical (unpaired) electrons. The summed E-state index contributed by atoms with van der Waals surface area (Å²) in [7, 11) is 1.85. The summed E-state index contributed by atoms with van der Waals surface area (Å²) in [6.07, 6.45) is 2.89.